The summed E-state index contributed by atoms with van der Waals surface area (Å²) in [6.07, 6.45) is 10.1. The third-order valence-corrected chi connectivity index (χ3v) is 3.97. The minimum absolute atomic E-state index is 0.0793. The first-order valence-electron chi connectivity index (χ1n) is 7.52. The molecule has 0 atom stereocenters. The lowest BCUT2D eigenvalue weighted by molar-refractivity contribution is 0.0955. The topological polar surface area (TPSA) is 59.3 Å². The molecule has 110 valence electrons. The van der Waals surface area contributed by atoms with Crippen LogP contribution in [0.4, 0.5) is 0 Å². The molecule has 0 unspecified atom stereocenters. The van der Waals surface area contributed by atoms with E-state index in [0.717, 1.165) is 12.2 Å². The van der Waals surface area contributed by atoms with Crippen LogP contribution in [0.5, 0.6) is 0 Å². The zero-order valence-corrected chi connectivity index (χ0v) is 12.3. The third-order valence-electron chi connectivity index (χ3n) is 3.97. The molecule has 0 fully saturated rings. The molecule has 1 aliphatic carbocycles. The molecule has 0 aromatic carbocycles. The molecule has 1 N–H and O–H groups in total. The maximum absolute atomic E-state index is 12.3. The fourth-order valence-corrected chi connectivity index (χ4v) is 2.77. The number of hydrogen-bond acceptors (Lipinski definition) is 3. The van der Waals surface area contributed by atoms with Crippen molar-refractivity contribution in [2.24, 2.45) is 0 Å². The van der Waals surface area contributed by atoms with Crippen molar-refractivity contribution in [2.45, 2.75) is 39.0 Å². The molecule has 5 heteroatoms. The molecular formula is C16H20N4O. The van der Waals surface area contributed by atoms with Crippen molar-refractivity contribution in [1.29, 1.82) is 0 Å². The van der Waals surface area contributed by atoms with Crippen molar-refractivity contribution in [3.63, 3.8) is 0 Å². The summed E-state index contributed by atoms with van der Waals surface area (Å²) in [5.41, 5.74) is 2.66. The number of carbonyl (C=O) groups is 1. The highest BCUT2D eigenvalue weighted by Gasteiger charge is 2.13. The van der Waals surface area contributed by atoms with E-state index in [2.05, 4.69) is 21.6 Å². The highest BCUT2D eigenvalue weighted by Crippen LogP contribution is 2.19. The molecule has 2 heterocycles. The van der Waals surface area contributed by atoms with Gasteiger partial charge in [-0.25, -0.2) is 0 Å². The fraction of sp³-hybridized carbons (Fsp3) is 0.438. The molecular weight excluding hydrogens is 264 g/mol. The first-order chi connectivity index (χ1) is 10.3. The van der Waals surface area contributed by atoms with Crippen LogP contribution in [0.1, 0.15) is 48.3 Å². The van der Waals surface area contributed by atoms with Crippen LogP contribution in [0.25, 0.3) is 5.65 Å². The van der Waals surface area contributed by atoms with Crippen LogP contribution in [-0.4, -0.2) is 27.0 Å². The van der Waals surface area contributed by atoms with E-state index in [1.165, 1.54) is 31.3 Å². The summed E-state index contributed by atoms with van der Waals surface area (Å²) >= 11 is 0. The number of nitrogens with one attached hydrogen (secondary N) is 1. The number of hydrogen-bond donors (Lipinski definition) is 1. The zero-order chi connectivity index (χ0) is 14.7. The van der Waals surface area contributed by atoms with Crippen LogP contribution >= 0.6 is 0 Å². The van der Waals surface area contributed by atoms with E-state index in [1.54, 1.807) is 6.07 Å². The van der Waals surface area contributed by atoms with Crippen molar-refractivity contribution in [2.75, 3.05) is 6.54 Å². The number of pyridine rings is 1. The molecule has 0 saturated heterocycles. The van der Waals surface area contributed by atoms with Crippen molar-refractivity contribution < 1.29 is 4.79 Å². The number of nitrogens with zero attached hydrogens (tertiary/aromatic N) is 3. The van der Waals surface area contributed by atoms with E-state index >= 15 is 0 Å². The molecule has 3 rings (SSSR count). The number of fused-ring (bicyclic) bond motifs is 1. The minimum Gasteiger partial charge on any atom is -0.352 e. The smallest absolute Gasteiger partial charge is 0.255 e. The SMILES string of the molecule is Cc1nnc2c(C(=O)NCCC3=CCCCC3)cccn12. The average Bonchev–Trinajstić information content (AvgIpc) is 2.90. The summed E-state index contributed by atoms with van der Waals surface area (Å²) in [6.45, 7) is 2.55. The summed E-state index contributed by atoms with van der Waals surface area (Å²) in [4.78, 5) is 12.3. The second-order valence-electron chi connectivity index (χ2n) is 5.48. The van der Waals surface area contributed by atoms with Crippen LogP contribution in [-0.2, 0) is 0 Å². The predicted octanol–water partition coefficient (Wildman–Crippen LogP) is 2.66. The van der Waals surface area contributed by atoms with Crippen LogP contribution < -0.4 is 5.32 Å². The number of rotatable bonds is 4. The van der Waals surface area contributed by atoms with E-state index in [-0.39, 0.29) is 5.91 Å². The lowest BCUT2D eigenvalue weighted by Crippen LogP contribution is -2.25. The Bertz CT molecular complexity index is 687. The van der Waals surface area contributed by atoms with Gasteiger partial charge >= 0.3 is 0 Å². The summed E-state index contributed by atoms with van der Waals surface area (Å²) < 4.78 is 1.83. The summed E-state index contributed by atoms with van der Waals surface area (Å²) in [5.74, 6) is 0.705. The van der Waals surface area contributed by atoms with E-state index < -0.39 is 0 Å². The van der Waals surface area contributed by atoms with Crippen LogP contribution in [0, 0.1) is 6.92 Å². The standard InChI is InChI=1S/C16H20N4O/c1-12-18-19-15-14(8-5-11-20(12)15)16(21)17-10-9-13-6-3-2-4-7-13/h5-6,8,11H,2-4,7,9-10H2,1H3,(H,17,21). The van der Waals surface area contributed by atoms with E-state index in [9.17, 15) is 4.79 Å². The van der Waals surface area contributed by atoms with Gasteiger partial charge in [0.15, 0.2) is 5.65 Å². The van der Waals surface area contributed by atoms with Crippen molar-refractivity contribution in [1.82, 2.24) is 19.9 Å². The second-order valence-corrected chi connectivity index (χ2v) is 5.48. The number of allylic oxidation sites excluding steroid dienone is 1. The normalized spacial score (nSPS) is 15.0. The van der Waals surface area contributed by atoms with Gasteiger partial charge in [0.2, 0.25) is 0 Å². The van der Waals surface area contributed by atoms with Crippen LogP contribution in [0.3, 0.4) is 0 Å². The maximum atomic E-state index is 12.3. The molecule has 0 aliphatic heterocycles. The molecule has 1 aliphatic rings. The largest absolute Gasteiger partial charge is 0.352 e. The Morgan fingerprint density at radius 3 is 3.10 bits per heavy atom. The molecule has 5 nitrogen and oxygen atoms in total. The van der Waals surface area contributed by atoms with Gasteiger partial charge in [-0.15, -0.1) is 10.2 Å². The van der Waals surface area contributed by atoms with Crippen molar-refractivity contribution >= 4 is 11.6 Å². The predicted molar refractivity (Wildman–Crippen MR) is 81.2 cm³/mol. The van der Waals surface area contributed by atoms with Gasteiger partial charge in [0.05, 0.1) is 5.56 Å². The zero-order valence-electron chi connectivity index (χ0n) is 12.3. The van der Waals surface area contributed by atoms with Crippen molar-refractivity contribution in [3.05, 3.63) is 41.4 Å². The highest BCUT2D eigenvalue weighted by atomic mass is 16.1. The Labute approximate surface area is 124 Å². The lowest BCUT2D eigenvalue weighted by atomic mass is 9.97. The quantitative estimate of drug-likeness (QED) is 0.878. The molecule has 21 heavy (non-hydrogen) atoms. The number of aromatic nitrogens is 3. The minimum atomic E-state index is -0.0793. The molecule has 2 aromatic rings. The van der Waals surface area contributed by atoms with Gasteiger partial charge in [-0.3, -0.25) is 9.20 Å². The molecule has 0 bridgehead atoms. The summed E-state index contributed by atoms with van der Waals surface area (Å²) in [7, 11) is 0. The highest BCUT2D eigenvalue weighted by molar-refractivity contribution is 5.99. The number of amides is 1. The van der Waals surface area contributed by atoms with Gasteiger partial charge in [-0.2, -0.15) is 0 Å². The Hall–Kier alpha value is -2.17. The Morgan fingerprint density at radius 2 is 2.29 bits per heavy atom. The Balaban J connectivity index is 1.65. The third kappa shape index (κ3) is 2.96. The van der Waals surface area contributed by atoms with Gasteiger partial charge in [0.25, 0.3) is 5.91 Å². The van der Waals surface area contributed by atoms with Gasteiger partial charge in [-0.05, 0) is 51.2 Å². The van der Waals surface area contributed by atoms with Gasteiger partial charge in [-0.1, -0.05) is 11.6 Å². The molecule has 0 spiro atoms. The first-order valence-corrected chi connectivity index (χ1v) is 7.52. The van der Waals surface area contributed by atoms with Gasteiger partial charge in [0.1, 0.15) is 5.82 Å². The molecule has 0 radical (unpaired) electrons. The first kappa shape index (κ1) is 13.8. The number of carbonyl (C=O) groups excluding carboxylic acids is 1. The summed E-state index contributed by atoms with van der Waals surface area (Å²) in [6, 6.07) is 3.64. The second kappa shape index (κ2) is 6.08. The summed E-state index contributed by atoms with van der Waals surface area (Å²) in [5, 5.41) is 11.1. The molecule has 2 aromatic heterocycles. The van der Waals surface area contributed by atoms with Gasteiger partial charge in [0, 0.05) is 12.7 Å². The van der Waals surface area contributed by atoms with Crippen LogP contribution in [0.2, 0.25) is 0 Å². The molecule has 0 saturated carbocycles. The van der Waals surface area contributed by atoms with Crippen molar-refractivity contribution in [3.8, 4) is 0 Å². The monoisotopic (exact) mass is 284 g/mol. The average molecular weight is 284 g/mol. The van der Waals surface area contributed by atoms with E-state index in [1.807, 2.05) is 23.6 Å². The fourth-order valence-electron chi connectivity index (χ4n) is 2.77. The molecule has 1 amide bonds. The Kier molecular flexibility index (Phi) is 3.99. The maximum Gasteiger partial charge on any atom is 0.255 e. The number of aryl methyl sites for hydroxylation is 1. The lowest BCUT2D eigenvalue weighted by Gasteiger charge is -2.13. The van der Waals surface area contributed by atoms with Crippen LogP contribution in [0.15, 0.2) is 30.0 Å². The Morgan fingerprint density at radius 1 is 1.38 bits per heavy atom. The van der Waals surface area contributed by atoms with E-state index in [0.29, 0.717) is 17.8 Å². The van der Waals surface area contributed by atoms with Gasteiger partial charge < -0.3 is 5.32 Å². The van der Waals surface area contributed by atoms with E-state index in [4.69, 9.17) is 0 Å².